The van der Waals surface area contributed by atoms with E-state index in [0.717, 1.165) is 38.6 Å². The summed E-state index contributed by atoms with van der Waals surface area (Å²) in [6, 6.07) is 1.78. The van der Waals surface area contributed by atoms with Gasteiger partial charge >= 0.3 is 0 Å². The van der Waals surface area contributed by atoms with Crippen molar-refractivity contribution in [3.05, 3.63) is 0 Å². The molecule has 0 aromatic heterocycles. The van der Waals surface area contributed by atoms with E-state index in [-0.39, 0.29) is 24.0 Å². The number of nitrogens with zero attached hydrogens (tertiary/aromatic N) is 3. The predicted molar refractivity (Wildman–Crippen MR) is 114 cm³/mol. The smallest absolute Gasteiger partial charge is 0.191 e. The van der Waals surface area contributed by atoms with Crippen molar-refractivity contribution in [2.24, 2.45) is 4.99 Å². The molecule has 0 saturated carbocycles. The molecule has 0 aliphatic heterocycles. The molecule has 6 heteroatoms. The number of hydrogen-bond donors (Lipinski definition) is 2. The van der Waals surface area contributed by atoms with Gasteiger partial charge in [-0.05, 0) is 55.0 Å². The van der Waals surface area contributed by atoms with Crippen molar-refractivity contribution in [2.45, 2.75) is 66.1 Å². The summed E-state index contributed by atoms with van der Waals surface area (Å²) in [6.45, 7) is 17.5. The van der Waals surface area contributed by atoms with E-state index < -0.39 is 0 Å². The Labute approximate surface area is 161 Å². The molecule has 140 valence electrons. The molecule has 23 heavy (non-hydrogen) atoms. The number of guanidine groups is 1. The van der Waals surface area contributed by atoms with Gasteiger partial charge in [0.2, 0.25) is 0 Å². The minimum absolute atomic E-state index is 0. The largest absolute Gasteiger partial charge is 0.356 e. The molecule has 0 aliphatic rings. The van der Waals surface area contributed by atoms with Crippen LogP contribution >= 0.6 is 24.0 Å². The van der Waals surface area contributed by atoms with Crippen molar-refractivity contribution < 1.29 is 0 Å². The Balaban J connectivity index is 0. The first-order valence-electron chi connectivity index (χ1n) is 8.70. The molecule has 0 amide bonds. The lowest BCUT2D eigenvalue weighted by Crippen LogP contribution is -2.43. The molecule has 0 heterocycles. The summed E-state index contributed by atoms with van der Waals surface area (Å²) in [7, 11) is 3.98. The number of likely N-dealkylation sites (N-methyl/N-ethyl adjacent to an activating group) is 1. The van der Waals surface area contributed by atoms with E-state index in [9.17, 15) is 0 Å². The zero-order valence-electron chi connectivity index (χ0n) is 16.5. The highest BCUT2D eigenvalue weighted by atomic mass is 127. The van der Waals surface area contributed by atoms with Crippen LogP contribution in [0.15, 0.2) is 4.99 Å². The van der Waals surface area contributed by atoms with Gasteiger partial charge in [0, 0.05) is 51.4 Å². The summed E-state index contributed by atoms with van der Waals surface area (Å²) >= 11 is 0. The van der Waals surface area contributed by atoms with Crippen molar-refractivity contribution in [2.75, 3.05) is 40.3 Å². The van der Waals surface area contributed by atoms with Crippen molar-refractivity contribution in [3.63, 3.8) is 0 Å². The van der Waals surface area contributed by atoms with Crippen LogP contribution in [0.1, 0.15) is 48.0 Å². The van der Waals surface area contributed by atoms with E-state index in [4.69, 9.17) is 0 Å². The van der Waals surface area contributed by atoms with Crippen LogP contribution in [0, 0.1) is 0 Å². The molecule has 0 aliphatic carbocycles. The Bertz CT molecular complexity index is 297. The van der Waals surface area contributed by atoms with Crippen LogP contribution in [0.5, 0.6) is 0 Å². The van der Waals surface area contributed by atoms with Gasteiger partial charge in [0.05, 0.1) is 0 Å². The third-order valence-corrected chi connectivity index (χ3v) is 4.07. The van der Waals surface area contributed by atoms with Gasteiger partial charge in [-0.2, -0.15) is 0 Å². The van der Waals surface area contributed by atoms with E-state index in [2.05, 4.69) is 74.0 Å². The van der Waals surface area contributed by atoms with Crippen LogP contribution in [0.4, 0.5) is 0 Å². The van der Waals surface area contributed by atoms with Crippen LogP contribution in [0.2, 0.25) is 0 Å². The number of nitrogens with one attached hydrogen (secondary N) is 2. The molecule has 0 fully saturated rings. The summed E-state index contributed by atoms with van der Waals surface area (Å²) in [4.78, 5) is 9.13. The second-order valence-electron chi connectivity index (χ2n) is 6.78. The number of hydrogen-bond acceptors (Lipinski definition) is 3. The third kappa shape index (κ3) is 12.0. The second-order valence-corrected chi connectivity index (χ2v) is 6.78. The van der Waals surface area contributed by atoms with Crippen molar-refractivity contribution in [1.82, 2.24) is 20.4 Å². The van der Waals surface area contributed by atoms with Gasteiger partial charge < -0.3 is 15.5 Å². The fourth-order valence-corrected chi connectivity index (χ4v) is 2.41. The number of aliphatic imine (C=N–C) groups is 1. The molecule has 0 bridgehead atoms. The highest BCUT2D eigenvalue weighted by molar-refractivity contribution is 14.0. The fraction of sp³-hybridized carbons (Fsp3) is 0.941. The van der Waals surface area contributed by atoms with Crippen molar-refractivity contribution in [1.29, 1.82) is 0 Å². The first kappa shape index (κ1) is 25.2. The highest BCUT2D eigenvalue weighted by Gasteiger charge is 2.12. The fourth-order valence-electron chi connectivity index (χ4n) is 2.41. The lowest BCUT2D eigenvalue weighted by molar-refractivity contribution is 0.173. The Morgan fingerprint density at radius 1 is 0.870 bits per heavy atom. The SMILES string of the molecule is CN=C(NCCCN(C(C)C)C(C)C)NCCN(C)C(C)C.I. The van der Waals surface area contributed by atoms with Gasteiger partial charge in [0.1, 0.15) is 0 Å². The molecule has 2 N–H and O–H groups in total. The Morgan fingerprint density at radius 2 is 1.39 bits per heavy atom. The van der Waals surface area contributed by atoms with Crippen LogP contribution in [-0.4, -0.2) is 74.2 Å². The average Bonchev–Trinajstić information content (AvgIpc) is 2.43. The quantitative estimate of drug-likeness (QED) is 0.237. The zero-order chi connectivity index (χ0) is 17.1. The molecule has 0 rings (SSSR count). The summed E-state index contributed by atoms with van der Waals surface area (Å²) in [5.74, 6) is 0.901. The molecule has 0 radical (unpaired) electrons. The third-order valence-electron chi connectivity index (χ3n) is 4.07. The molecule has 5 nitrogen and oxygen atoms in total. The Kier molecular flexibility index (Phi) is 15.6. The maximum Gasteiger partial charge on any atom is 0.191 e. The Hall–Kier alpha value is -0.0800. The summed E-state index contributed by atoms with van der Waals surface area (Å²) in [5, 5.41) is 6.77. The van der Waals surface area contributed by atoms with Gasteiger partial charge in [-0.1, -0.05) is 0 Å². The highest BCUT2D eigenvalue weighted by Crippen LogP contribution is 2.05. The summed E-state index contributed by atoms with van der Waals surface area (Å²) < 4.78 is 0. The monoisotopic (exact) mass is 441 g/mol. The van der Waals surface area contributed by atoms with Crippen LogP contribution in [0.3, 0.4) is 0 Å². The molecular weight excluding hydrogens is 401 g/mol. The normalized spacial score (nSPS) is 12.5. The van der Waals surface area contributed by atoms with Gasteiger partial charge in [0.15, 0.2) is 5.96 Å². The molecule has 0 spiro atoms. The molecule has 0 atom stereocenters. The van der Waals surface area contributed by atoms with Crippen LogP contribution in [0.25, 0.3) is 0 Å². The molecular formula is C17H40IN5. The molecule has 0 aromatic carbocycles. The summed E-state index contributed by atoms with van der Waals surface area (Å²) in [5.41, 5.74) is 0. The first-order valence-corrected chi connectivity index (χ1v) is 8.70. The predicted octanol–water partition coefficient (Wildman–Crippen LogP) is 2.62. The maximum absolute atomic E-state index is 4.28. The van der Waals surface area contributed by atoms with Crippen LogP contribution in [-0.2, 0) is 0 Å². The molecule has 0 unspecified atom stereocenters. The average molecular weight is 441 g/mol. The van der Waals surface area contributed by atoms with E-state index >= 15 is 0 Å². The minimum atomic E-state index is 0. The zero-order valence-corrected chi connectivity index (χ0v) is 18.8. The lowest BCUT2D eigenvalue weighted by atomic mass is 10.2. The van der Waals surface area contributed by atoms with E-state index in [0.29, 0.717) is 18.1 Å². The van der Waals surface area contributed by atoms with Crippen molar-refractivity contribution >= 4 is 29.9 Å². The molecule has 0 saturated heterocycles. The van der Waals surface area contributed by atoms with E-state index in [1.165, 1.54) is 0 Å². The number of rotatable bonds is 10. The number of halogens is 1. The van der Waals surface area contributed by atoms with Gasteiger partial charge in [0.25, 0.3) is 0 Å². The van der Waals surface area contributed by atoms with E-state index in [1.807, 2.05) is 7.05 Å². The van der Waals surface area contributed by atoms with Crippen molar-refractivity contribution in [3.8, 4) is 0 Å². The van der Waals surface area contributed by atoms with E-state index in [1.54, 1.807) is 0 Å². The second kappa shape index (κ2) is 14.3. The van der Waals surface area contributed by atoms with Gasteiger partial charge in [-0.3, -0.25) is 9.89 Å². The minimum Gasteiger partial charge on any atom is -0.356 e. The standard InChI is InChI=1S/C17H39N5.HI/c1-14(2)21(8)13-11-20-17(18-7)19-10-9-12-22(15(3)4)16(5)6;/h14-16H,9-13H2,1-8H3,(H2,18,19,20);1H. The van der Waals surface area contributed by atoms with Gasteiger partial charge in [-0.15, -0.1) is 24.0 Å². The molecule has 0 aromatic rings. The summed E-state index contributed by atoms with van der Waals surface area (Å²) in [6.07, 6.45) is 1.13. The lowest BCUT2D eigenvalue weighted by Gasteiger charge is -2.30. The topological polar surface area (TPSA) is 42.9 Å². The van der Waals surface area contributed by atoms with Crippen LogP contribution < -0.4 is 10.6 Å². The Morgan fingerprint density at radius 3 is 1.83 bits per heavy atom. The maximum atomic E-state index is 4.28. The first-order chi connectivity index (χ1) is 10.3. The van der Waals surface area contributed by atoms with Gasteiger partial charge in [-0.25, -0.2) is 0 Å².